The van der Waals surface area contributed by atoms with Crippen molar-refractivity contribution in [2.24, 2.45) is 17.8 Å². The number of halogens is 8. The molecule has 4 amide bonds. The molecule has 220 valence electrons. The molecule has 42 heavy (non-hydrogen) atoms. The molecule has 6 atom stereocenters. The van der Waals surface area contributed by atoms with Crippen molar-refractivity contribution in [1.29, 1.82) is 0 Å². The van der Waals surface area contributed by atoms with E-state index in [-0.39, 0.29) is 32.5 Å². The molecule has 6 rings (SSSR count). The summed E-state index contributed by atoms with van der Waals surface area (Å²) in [6.45, 7) is 0. The van der Waals surface area contributed by atoms with Crippen LogP contribution in [0.4, 0.5) is 27.6 Å². The maximum Gasteiger partial charge on any atom is 0.258 e. The minimum atomic E-state index is -2.80. The number of amides is 4. The summed E-state index contributed by atoms with van der Waals surface area (Å²) in [7, 11) is 0. The first kappa shape index (κ1) is 28.8. The van der Waals surface area contributed by atoms with Gasteiger partial charge in [0.25, 0.3) is 23.6 Å². The van der Waals surface area contributed by atoms with E-state index < -0.39 is 104 Å². The van der Waals surface area contributed by atoms with E-state index in [0.29, 0.717) is 0 Å². The number of hydroxylamine groups is 2. The van der Waals surface area contributed by atoms with Crippen LogP contribution in [0.3, 0.4) is 0 Å². The topological polar surface area (TPSA) is 115 Å². The molecule has 2 saturated heterocycles. The van der Waals surface area contributed by atoms with E-state index in [1.165, 1.54) is 12.1 Å². The van der Waals surface area contributed by atoms with Crippen molar-refractivity contribution < 1.29 is 51.4 Å². The van der Waals surface area contributed by atoms with Crippen molar-refractivity contribution >= 4 is 64.1 Å². The predicted octanol–water partition coefficient (Wildman–Crippen LogP) is 4.69. The summed E-state index contributed by atoms with van der Waals surface area (Å²) >= 11 is 19.9. The van der Waals surface area contributed by atoms with E-state index in [0.717, 1.165) is 12.1 Å². The molecular weight excluding hydrogens is 638 g/mol. The highest BCUT2D eigenvalue weighted by atomic mass is 35.5. The van der Waals surface area contributed by atoms with Gasteiger partial charge in [-0.2, -0.15) is 5.06 Å². The predicted molar refractivity (Wildman–Crippen MR) is 133 cm³/mol. The number of aromatic hydroxyl groups is 1. The fraction of sp³-hybridized carbons (Fsp3) is 0.308. The number of allylic oxidation sites excluding steroid dienone is 2. The molecule has 2 aliphatic heterocycles. The number of anilines is 1. The second kappa shape index (κ2) is 9.12. The van der Waals surface area contributed by atoms with Crippen LogP contribution in [-0.2, 0) is 19.2 Å². The number of hydrogen-bond acceptors (Lipinski definition) is 6. The minimum Gasteiger partial charge on any atom is -0.508 e. The lowest BCUT2D eigenvalue weighted by Gasteiger charge is -2.50. The van der Waals surface area contributed by atoms with Gasteiger partial charge in [-0.05, 0) is 37.0 Å². The smallest absolute Gasteiger partial charge is 0.258 e. The number of benzene rings is 2. The van der Waals surface area contributed by atoms with Crippen LogP contribution in [0.25, 0.3) is 0 Å². The number of nitrogens with zero attached hydrogens (tertiary/aromatic N) is 2. The summed E-state index contributed by atoms with van der Waals surface area (Å²) in [6.07, 6.45) is 0.495. The van der Waals surface area contributed by atoms with Crippen LogP contribution < -0.4 is 4.90 Å². The van der Waals surface area contributed by atoms with Crippen LogP contribution >= 0.6 is 34.8 Å². The number of phenols is 1. The first-order valence-corrected chi connectivity index (χ1v) is 13.3. The van der Waals surface area contributed by atoms with Gasteiger partial charge < -0.3 is 5.11 Å². The van der Waals surface area contributed by atoms with E-state index in [1.807, 2.05) is 0 Å². The third-order valence-electron chi connectivity index (χ3n) is 8.50. The van der Waals surface area contributed by atoms with Gasteiger partial charge in [-0.15, -0.1) is 23.2 Å². The Morgan fingerprint density at radius 1 is 0.857 bits per heavy atom. The largest absolute Gasteiger partial charge is 0.508 e. The maximum absolute atomic E-state index is 14.9. The summed E-state index contributed by atoms with van der Waals surface area (Å²) < 4.78 is 72.1. The van der Waals surface area contributed by atoms with Gasteiger partial charge in [0.1, 0.15) is 11.4 Å². The lowest BCUT2D eigenvalue weighted by atomic mass is 9.56. The molecule has 3 fully saturated rings. The summed E-state index contributed by atoms with van der Waals surface area (Å²) in [4.78, 5) is 47.6. The van der Waals surface area contributed by atoms with Crippen molar-refractivity contribution in [3.05, 3.63) is 69.5 Å². The Bertz CT molecular complexity index is 1680. The zero-order valence-electron chi connectivity index (χ0n) is 20.5. The van der Waals surface area contributed by atoms with Gasteiger partial charge in [-0.3, -0.25) is 24.4 Å². The van der Waals surface area contributed by atoms with Crippen LogP contribution in [0.1, 0.15) is 24.3 Å². The van der Waals surface area contributed by atoms with Gasteiger partial charge in [-0.1, -0.05) is 23.3 Å². The first-order chi connectivity index (χ1) is 19.6. The summed E-state index contributed by atoms with van der Waals surface area (Å²) in [5.41, 5.74) is -2.06. The Kier molecular flexibility index (Phi) is 6.26. The SMILES string of the molecule is O=C1C2CC=C3C(CC4(Cl)C(=O)N(c5c(F)c(F)c(F)c(F)c5F)C(=O)C4(Cl)C3c3cc(Cl)ccc3O)C2C(=O)N1O. The number of hydrogen-bond donors (Lipinski definition) is 2. The van der Waals surface area contributed by atoms with E-state index in [9.17, 15) is 51.4 Å². The molecule has 0 bridgehead atoms. The molecule has 6 unspecified atom stereocenters. The number of imide groups is 2. The Hall–Kier alpha value is -3.26. The number of rotatable bonds is 2. The molecule has 16 heteroatoms. The Morgan fingerprint density at radius 2 is 1.45 bits per heavy atom. The molecule has 8 nitrogen and oxygen atoms in total. The van der Waals surface area contributed by atoms with Crippen LogP contribution in [0, 0.1) is 46.8 Å². The minimum absolute atomic E-state index is 0.0123. The van der Waals surface area contributed by atoms with Gasteiger partial charge in [0.2, 0.25) is 5.82 Å². The van der Waals surface area contributed by atoms with E-state index in [2.05, 4.69) is 0 Å². The summed E-state index contributed by atoms with van der Waals surface area (Å²) in [6, 6.07) is 3.51. The van der Waals surface area contributed by atoms with Crippen molar-refractivity contribution in [2.75, 3.05) is 4.90 Å². The molecule has 2 N–H and O–H groups in total. The average molecular weight is 652 g/mol. The number of carbonyl (C=O) groups excluding carboxylic acids is 4. The molecule has 1 saturated carbocycles. The highest BCUT2D eigenvalue weighted by molar-refractivity contribution is 6.58. The Labute approximate surface area is 246 Å². The molecule has 2 aromatic rings. The summed E-state index contributed by atoms with van der Waals surface area (Å²) in [5, 5.41) is 20.8. The van der Waals surface area contributed by atoms with Gasteiger partial charge in [-0.25, -0.2) is 26.9 Å². The Balaban J connectivity index is 1.63. The maximum atomic E-state index is 14.9. The molecular formula is C26H14Cl3F5N2O6. The third-order valence-corrected chi connectivity index (χ3v) is 10.1. The molecule has 0 spiro atoms. The van der Waals surface area contributed by atoms with Gasteiger partial charge in [0.05, 0.1) is 11.8 Å². The Morgan fingerprint density at radius 3 is 2.07 bits per heavy atom. The van der Waals surface area contributed by atoms with E-state index >= 15 is 0 Å². The number of phenolic OH excluding ortho intramolecular Hbond substituents is 1. The normalized spacial score (nSPS) is 32.3. The quantitative estimate of drug-likeness (QED) is 0.0927. The number of alkyl halides is 2. The van der Waals surface area contributed by atoms with E-state index in [1.54, 1.807) is 0 Å². The molecule has 4 aliphatic rings. The van der Waals surface area contributed by atoms with E-state index in [4.69, 9.17) is 34.8 Å². The van der Waals surface area contributed by atoms with Crippen LogP contribution in [0.5, 0.6) is 5.75 Å². The summed E-state index contributed by atoms with van der Waals surface area (Å²) in [5.74, 6) is -23.8. The first-order valence-electron chi connectivity index (χ1n) is 12.1. The monoisotopic (exact) mass is 650 g/mol. The number of fused-ring (bicyclic) bond motifs is 4. The third kappa shape index (κ3) is 3.33. The molecule has 2 aromatic carbocycles. The van der Waals surface area contributed by atoms with Crippen molar-refractivity contribution in [1.82, 2.24) is 5.06 Å². The highest BCUT2D eigenvalue weighted by Gasteiger charge is 2.77. The van der Waals surface area contributed by atoms with Crippen molar-refractivity contribution in [3.63, 3.8) is 0 Å². The van der Waals surface area contributed by atoms with Crippen LogP contribution in [-0.4, -0.2) is 48.8 Å². The zero-order chi connectivity index (χ0) is 30.8. The molecule has 0 radical (unpaired) electrons. The lowest BCUT2D eigenvalue weighted by Crippen LogP contribution is -2.60. The average Bonchev–Trinajstić information content (AvgIpc) is 3.26. The van der Waals surface area contributed by atoms with Gasteiger partial charge in [0, 0.05) is 16.5 Å². The van der Waals surface area contributed by atoms with Crippen LogP contribution in [0.15, 0.2) is 29.8 Å². The second-order valence-corrected chi connectivity index (χ2v) is 12.1. The fourth-order valence-electron chi connectivity index (χ4n) is 6.65. The van der Waals surface area contributed by atoms with Crippen molar-refractivity contribution in [3.8, 4) is 5.75 Å². The fourth-order valence-corrected chi connectivity index (χ4v) is 7.76. The second-order valence-electron chi connectivity index (χ2n) is 10.4. The lowest BCUT2D eigenvalue weighted by molar-refractivity contribution is -0.173. The molecule has 2 aliphatic carbocycles. The van der Waals surface area contributed by atoms with Gasteiger partial charge >= 0.3 is 0 Å². The molecule has 2 heterocycles. The van der Waals surface area contributed by atoms with Crippen molar-refractivity contribution in [2.45, 2.75) is 28.5 Å². The van der Waals surface area contributed by atoms with Gasteiger partial charge in [0.15, 0.2) is 33.0 Å². The number of carbonyl (C=O) groups is 4. The highest BCUT2D eigenvalue weighted by Crippen LogP contribution is 2.66. The molecule has 0 aromatic heterocycles. The van der Waals surface area contributed by atoms with Crippen LogP contribution in [0.2, 0.25) is 5.02 Å². The standard InChI is InChI=1S/C26H14Cl3F5N2O6/c27-7-1-4-12(37)10(5-7)14-8-2-3-9-13(22(39)36(42)21(9)38)11(8)6-25(28)23(40)35(24(41)26(14,25)29)20-18(33)16(31)15(30)17(32)19(20)34/h1-2,4-5,9,11,13-14,37,42H,3,6H2. The zero-order valence-corrected chi connectivity index (χ0v) is 22.7.